The number of carbonyl (C=O) groups excluding carboxylic acids is 1. The number of anilines is 1. The highest BCUT2D eigenvalue weighted by Crippen LogP contribution is 2.24. The minimum absolute atomic E-state index is 0.200. The zero-order valence-corrected chi connectivity index (χ0v) is 14.6. The van der Waals surface area contributed by atoms with Crippen LogP contribution in [0.3, 0.4) is 0 Å². The molecule has 126 valence electrons. The van der Waals surface area contributed by atoms with Gasteiger partial charge in [0.1, 0.15) is 11.5 Å². The second kappa shape index (κ2) is 7.86. The summed E-state index contributed by atoms with van der Waals surface area (Å²) in [5.74, 6) is 1.14. The minimum atomic E-state index is -0.200. The fourth-order valence-corrected chi connectivity index (χ4v) is 2.50. The van der Waals surface area contributed by atoms with E-state index in [-0.39, 0.29) is 5.91 Å². The molecule has 0 saturated carbocycles. The van der Waals surface area contributed by atoms with E-state index in [2.05, 4.69) is 12.2 Å². The number of hydrogen-bond acceptors (Lipinski definition) is 2. The molecule has 0 bridgehead atoms. The fraction of sp³-hybridized carbons (Fsp3) is 0.0952. The van der Waals surface area contributed by atoms with Gasteiger partial charge in [-0.2, -0.15) is 0 Å². The summed E-state index contributed by atoms with van der Waals surface area (Å²) < 4.78 is 5.73. The number of benzene rings is 2. The maximum atomic E-state index is 12.0. The Kier molecular flexibility index (Phi) is 5.36. The summed E-state index contributed by atoms with van der Waals surface area (Å²) in [6.45, 7) is 2.10. The van der Waals surface area contributed by atoms with Crippen LogP contribution in [-0.2, 0) is 11.2 Å². The summed E-state index contributed by atoms with van der Waals surface area (Å²) >= 11 is 5.89. The Morgan fingerprint density at radius 3 is 2.44 bits per heavy atom. The summed E-state index contributed by atoms with van der Waals surface area (Å²) in [4.78, 5) is 12.0. The first-order valence-corrected chi connectivity index (χ1v) is 8.45. The summed E-state index contributed by atoms with van der Waals surface area (Å²) in [6, 6.07) is 18.9. The maximum absolute atomic E-state index is 12.0. The highest BCUT2D eigenvalue weighted by atomic mass is 35.5. The van der Waals surface area contributed by atoms with Gasteiger partial charge in [-0.05, 0) is 66.6 Å². The zero-order valence-electron chi connectivity index (χ0n) is 13.8. The molecule has 1 amide bonds. The molecule has 0 aliphatic rings. The van der Waals surface area contributed by atoms with Crippen LogP contribution in [0, 0.1) is 0 Å². The molecule has 0 unspecified atom stereocenters. The van der Waals surface area contributed by atoms with E-state index in [9.17, 15) is 4.79 Å². The van der Waals surface area contributed by atoms with Crippen molar-refractivity contribution in [2.45, 2.75) is 13.3 Å². The summed E-state index contributed by atoms with van der Waals surface area (Å²) in [7, 11) is 0. The highest BCUT2D eigenvalue weighted by molar-refractivity contribution is 6.30. The van der Waals surface area contributed by atoms with Crippen LogP contribution in [0.15, 0.2) is 71.2 Å². The Hall–Kier alpha value is -2.78. The van der Waals surface area contributed by atoms with Crippen LogP contribution in [0.2, 0.25) is 5.02 Å². The second-order valence-corrected chi connectivity index (χ2v) is 6.02. The van der Waals surface area contributed by atoms with Gasteiger partial charge in [0.15, 0.2) is 0 Å². The van der Waals surface area contributed by atoms with E-state index in [0.29, 0.717) is 10.8 Å². The lowest BCUT2D eigenvalue weighted by atomic mass is 10.1. The molecule has 4 heteroatoms. The van der Waals surface area contributed by atoms with Gasteiger partial charge in [-0.1, -0.05) is 30.7 Å². The molecule has 2 aromatic carbocycles. The maximum Gasteiger partial charge on any atom is 0.248 e. The van der Waals surface area contributed by atoms with Crippen LogP contribution in [-0.4, -0.2) is 5.91 Å². The number of furan rings is 1. The Balaban J connectivity index is 1.63. The summed E-state index contributed by atoms with van der Waals surface area (Å²) in [5, 5.41) is 3.51. The predicted octanol–water partition coefficient (Wildman–Crippen LogP) is 5.81. The highest BCUT2D eigenvalue weighted by Gasteiger charge is 2.04. The van der Waals surface area contributed by atoms with Gasteiger partial charge in [0.25, 0.3) is 0 Å². The van der Waals surface area contributed by atoms with Crippen molar-refractivity contribution in [1.82, 2.24) is 0 Å². The average Bonchev–Trinajstić information content (AvgIpc) is 3.10. The zero-order chi connectivity index (χ0) is 17.6. The number of aryl methyl sites for hydroxylation is 1. The van der Waals surface area contributed by atoms with Gasteiger partial charge >= 0.3 is 0 Å². The van der Waals surface area contributed by atoms with E-state index in [1.165, 1.54) is 11.6 Å². The SMILES string of the molecule is CCc1ccc(NC(=O)/C=C/c2ccc(-c3ccc(Cl)cc3)o2)cc1. The molecule has 25 heavy (non-hydrogen) atoms. The van der Waals surface area contributed by atoms with Gasteiger partial charge < -0.3 is 9.73 Å². The normalized spacial score (nSPS) is 11.0. The molecule has 1 heterocycles. The fourth-order valence-electron chi connectivity index (χ4n) is 2.38. The van der Waals surface area contributed by atoms with Crippen molar-refractivity contribution in [3.8, 4) is 11.3 Å². The van der Waals surface area contributed by atoms with Crippen LogP contribution in [0.5, 0.6) is 0 Å². The van der Waals surface area contributed by atoms with Crippen molar-refractivity contribution in [3.63, 3.8) is 0 Å². The van der Waals surface area contributed by atoms with Crippen LogP contribution < -0.4 is 5.32 Å². The molecule has 0 radical (unpaired) electrons. The molecule has 3 aromatic rings. The van der Waals surface area contributed by atoms with Crippen LogP contribution in [0.25, 0.3) is 17.4 Å². The van der Waals surface area contributed by atoms with Crippen molar-refractivity contribution < 1.29 is 9.21 Å². The van der Waals surface area contributed by atoms with E-state index in [1.54, 1.807) is 6.08 Å². The van der Waals surface area contributed by atoms with Crippen molar-refractivity contribution in [2.75, 3.05) is 5.32 Å². The first-order chi connectivity index (χ1) is 12.1. The molecule has 0 fully saturated rings. The van der Waals surface area contributed by atoms with E-state index in [1.807, 2.05) is 60.7 Å². The molecule has 3 rings (SSSR count). The van der Waals surface area contributed by atoms with Crippen molar-refractivity contribution >= 4 is 29.3 Å². The first-order valence-electron chi connectivity index (χ1n) is 8.08. The lowest BCUT2D eigenvalue weighted by Gasteiger charge is -2.03. The summed E-state index contributed by atoms with van der Waals surface area (Å²) in [6.07, 6.45) is 4.08. The Morgan fingerprint density at radius 2 is 1.76 bits per heavy atom. The first kappa shape index (κ1) is 17.1. The third kappa shape index (κ3) is 4.61. The smallest absolute Gasteiger partial charge is 0.248 e. The van der Waals surface area contributed by atoms with Crippen molar-refractivity contribution in [1.29, 1.82) is 0 Å². The van der Waals surface area contributed by atoms with E-state index < -0.39 is 0 Å². The van der Waals surface area contributed by atoms with E-state index in [4.69, 9.17) is 16.0 Å². The lowest BCUT2D eigenvalue weighted by molar-refractivity contribution is -0.111. The molecule has 0 saturated heterocycles. The molecular formula is C21H18ClNO2. The van der Waals surface area contributed by atoms with Gasteiger partial charge in [-0.25, -0.2) is 0 Å². The number of rotatable bonds is 5. The topological polar surface area (TPSA) is 42.2 Å². The van der Waals surface area contributed by atoms with Gasteiger partial charge in [0.2, 0.25) is 5.91 Å². The third-order valence-electron chi connectivity index (χ3n) is 3.78. The van der Waals surface area contributed by atoms with Crippen LogP contribution >= 0.6 is 11.6 Å². The molecule has 3 nitrogen and oxygen atoms in total. The number of nitrogens with one attached hydrogen (secondary N) is 1. The quantitative estimate of drug-likeness (QED) is 0.589. The van der Waals surface area contributed by atoms with E-state index >= 15 is 0 Å². The largest absolute Gasteiger partial charge is 0.457 e. The molecule has 0 aliphatic carbocycles. The standard InChI is InChI=1S/C21H18ClNO2/c1-2-15-3-9-18(10-4-15)23-21(24)14-12-19-11-13-20(25-19)16-5-7-17(22)8-6-16/h3-14H,2H2,1H3,(H,23,24)/b14-12+. The van der Waals surface area contributed by atoms with Gasteiger partial charge in [-0.3, -0.25) is 4.79 Å². The van der Waals surface area contributed by atoms with Crippen molar-refractivity contribution in [3.05, 3.63) is 83.1 Å². The van der Waals surface area contributed by atoms with Gasteiger partial charge in [-0.15, -0.1) is 0 Å². The van der Waals surface area contributed by atoms with Gasteiger partial charge in [0.05, 0.1) is 0 Å². The van der Waals surface area contributed by atoms with Crippen LogP contribution in [0.4, 0.5) is 5.69 Å². The number of amides is 1. The Morgan fingerprint density at radius 1 is 1.04 bits per heavy atom. The third-order valence-corrected chi connectivity index (χ3v) is 4.04. The Labute approximate surface area is 151 Å². The molecule has 0 spiro atoms. The molecule has 0 atom stereocenters. The van der Waals surface area contributed by atoms with Crippen LogP contribution in [0.1, 0.15) is 18.2 Å². The van der Waals surface area contributed by atoms with Gasteiger partial charge in [0, 0.05) is 22.3 Å². The predicted molar refractivity (Wildman–Crippen MR) is 103 cm³/mol. The molecule has 0 aliphatic heterocycles. The summed E-state index contributed by atoms with van der Waals surface area (Å²) in [5.41, 5.74) is 2.94. The van der Waals surface area contributed by atoms with Crippen molar-refractivity contribution in [2.24, 2.45) is 0 Å². The lowest BCUT2D eigenvalue weighted by Crippen LogP contribution is -2.07. The molecule has 1 N–H and O–H groups in total. The average molecular weight is 352 g/mol. The second-order valence-electron chi connectivity index (χ2n) is 5.58. The number of hydrogen-bond donors (Lipinski definition) is 1. The monoisotopic (exact) mass is 351 g/mol. The number of carbonyl (C=O) groups is 1. The molecular weight excluding hydrogens is 334 g/mol. The van der Waals surface area contributed by atoms with E-state index in [0.717, 1.165) is 23.4 Å². The number of halogens is 1. The minimum Gasteiger partial charge on any atom is -0.457 e. The molecule has 1 aromatic heterocycles. The Bertz CT molecular complexity index is 877.